The smallest absolute Gasteiger partial charge is 0.293 e. The van der Waals surface area contributed by atoms with Gasteiger partial charge in [0.1, 0.15) is 11.4 Å². The van der Waals surface area contributed by atoms with E-state index in [0.29, 0.717) is 23.6 Å². The Bertz CT molecular complexity index is 940. The zero-order valence-electron chi connectivity index (χ0n) is 15.1. The summed E-state index contributed by atoms with van der Waals surface area (Å²) in [5.74, 6) is 0.563. The molecule has 0 spiro atoms. The standard InChI is InChI=1S/C17H20N4O5S/c1-4-26-14-6-8-15(9-7-14)27(24,25)19-18-12-13-5-10-16(20(2)3)17(11-13)21(22)23/h5-12,19H,4H2,1-3H3. The highest BCUT2D eigenvalue weighted by molar-refractivity contribution is 7.89. The van der Waals surface area contributed by atoms with Crippen LogP contribution in [0.2, 0.25) is 0 Å². The van der Waals surface area contributed by atoms with E-state index >= 15 is 0 Å². The van der Waals surface area contributed by atoms with Crippen LogP contribution in [0.3, 0.4) is 0 Å². The first-order valence-corrected chi connectivity index (χ1v) is 9.46. The van der Waals surface area contributed by atoms with Gasteiger partial charge in [0.2, 0.25) is 0 Å². The first-order valence-electron chi connectivity index (χ1n) is 7.98. The quantitative estimate of drug-likeness (QED) is 0.419. The van der Waals surface area contributed by atoms with Crippen LogP contribution in [0.15, 0.2) is 52.5 Å². The van der Waals surface area contributed by atoms with E-state index in [1.54, 1.807) is 43.3 Å². The summed E-state index contributed by atoms with van der Waals surface area (Å²) in [6.07, 6.45) is 1.21. The van der Waals surface area contributed by atoms with Crippen molar-refractivity contribution in [2.45, 2.75) is 11.8 Å². The maximum absolute atomic E-state index is 12.2. The third kappa shape index (κ3) is 5.17. The topological polar surface area (TPSA) is 114 Å². The van der Waals surface area contributed by atoms with Gasteiger partial charge in [-0.2, -0.15) is 13.5 Å². The number of nitrogens with zero attached hydrogens (tertiary/aromatic N) is 3. The monoisotopic (exact) mass is 392 g/mol. The third-order valence-corrected chi connectivity index (χ3v) is 4.75. The number of nitro benzene ring substituents is 1. The van der Waals surface area contributed by atoms with Gasteiger partial charge in [0.25, 0.3) is 15.7 Å². The van der Waals surface area contributed by atoms with Crippen molar-refractivity contribution < 1.29 is 18.1 Å². The van der Waals surface area contributed by atoms with Gasteiger partial charge in [0.15, 0.2) is 0 Å². The lowest BCUT2D eigenvalue weighted by Crippen LogP contribution is -2.18. The minimum Gasteiger partial charge on any atom is -0.494 e. The predicted molar refractivity (Wildman–Crippen MR) is 103 cm³/mol. The van der Waals surface area contributed by atoms with E-state index in [-0.39, 0.29) is 10.6 Å². The summed E-state index contributed by atoms with van der Waals surface area (Å²) in [5.41, 5.74) is 0.729. The molecule has 0 radical (unpaired) electrons. The second kappa shape index (κ2) is 8.49. The molecule has 0 aliphatic carbocycles. The number of sulfonamides is 1. The highest BCUT2D eigenvalue weighted by Gasteiger charge is 2.16. The molecule has 0 heterocycles. The van der Waals surface area contributed by atoms with Crippen LogP contribution in [0.4, 0.5) is 11.4 Å². The fraction of sp³-hybridized carbons (Fsp3) is 0.235. The molecule has 0 fully saturated rings. The average Bonchev–Trinajstić information content (AvgIpc) is 2.62. The molecule has 0 atom stereocenters. The highest BCUT2D eigenvalue weighted by Crippen LogP contribution is 2.27. The van der Waals surface area contributed by atoms with Crippen LogP contribution >= 0.6 is 0 Å². The molecule has 0 aliphatic rings. The molecular weight excluding hydrogens is 372 g/mol. The number of hydrogen-bond acceptors (Lipinski definition) is 7. The van der Waals surface area contributed by atoms with E-state index in [2.05, 4.69) is 9.93 Å². The summed E-state index contributed by atoms with van der Waals surface area (Å²) in [6.45, 7) is 2.31. The molecule has 0 amide bonds. The van der Waals surface area contributed by atoms with Crippen molar-refractivity contribution in [2.75, 3.05) is 25.6 Å². The molecule has 144 valence electrons. The van der Waals surface area contributed by atoms with E-state index in [9.17, 15) is 18.5 Å². The van der Waals surface area contributed by atoms with Gasteiger partial charge in [-0.05, 0) is 37.3 Å². The summed E-state index contributed by atoms with van der Waals surface area (Å²) < 4.78 is 29.7. The van der Waals surface area contributed by atoms with Crippen LogP contribution in [-0.4, -0.2) is 40.3 Å². The first-order chi connectivity index (χ1) is 12.7. The lowest BCUT2D eigenvalue weighted by Gasteiger charge is -2.12. The number of rotatable bonds is 8. The van der Waals surface area contributed by atoms with Crippen molar-refractivity contribution in [3.05, 3.63) is 58.1 Å². The van der Waals surface area contributed by atoms with Crippen LogP contribution < -0.4 is 14.5 Å². The molecule has 0 aliphatic heterocycles. The lowest BCUT2D eigenvalue weighted by atomic mass is 10.2. The largest absolute Gasteiger partial charge is 0.494 e. The Morgan fingerprint density at radius 1 is 1.22 bits per heavy atom. The predicted octanol–water partition coefficient (Wildman–Crippen LogP) is 2.37. The number of hydrazone groups is 1. The maximum Gasteiger partial charge on any atom is 0.293 e. The zero-order valence-corrected chi connectivity index (χ0v) is 15.9. The van der Waals surface area contributed by atoms with E-state index in [0.717, 1.165) is 0 Å². The molecule has 10 heteroatoms. The van der Waals surface area contributed by atoms with Crippen molar-refractivity contribution in [2.24, 2.45) is 5.10 Å². The molecule has 27 heavy (non-hydrogen) atoms. The summed E-state index contributed by atoms with van der Waals surface area (Å²) in [6, 6.07) is 10.4. The normalized spacial score (nSPS) is 11.4. The van der Waals surface area contributed by atoms with Crippen LogP contribution in [0, 0.1) is 10.1 Å². The number of nitrogens with one attached hydrogen (secondary N) is 1. The fourth-order valence-electron chi connectivity index (χ4n) is 2.25. The minimum absolute atomic E-state index is 0.0250. The second-order valence-electron chi connectivity index (χ2n) is 5.66. The minimum atomic E-state index is -3.86. The molecule has 2 aromatic carbocycles. The molecule has 0 saturated heterocycles. The molecule has 1 N–H and O–H groups in total. The van der Waals surface area contributed by atoms with Crippen LogP contribution in [-0.2, 0) is 10.0 Å². The van der Waals surface area contributed by atoms with Crippen molar-refractivity contribution in [3.63, 3.8) is 0 Å². The van der Waals surface area contributed by atoms with Crippen LogP contribution in [0.1, 0.15) is 12.5 Å². The number of benzene rings is 2. The summed E-state index contributed by atoms with van der Waals surface area (Å²) in [4.78, 5) is 14.4. The van der Waals surface area contributed by atoms with E-state index in [1.165, 1.54) is 24.4 Å². The number of ether oxygens (including phenoxy) is 1. The van der Waals surface area contributed by atoms with Gasteiger partial charge in [-0.3, -0.25) is 10.1 Å². The molecular formula is C17H20N4O5S. The number of anilines is 1. The van der Waals surface area contributed by atoms with E-state index in [1.807, 2.05) is 6.92 Å². The highest BCUT2D eigenvalue weighted by atomic mass is 32.2. The SMILES string of the molecule is CCOc1ccc(S(=O)(=O)NN=Cc2ccc(N(C)C)c([N+](=O)[O-])c2)cc1. The molecule has 0 aromatic heterocycles. The van der Waals surface area contributed by atoms with E-state index in [4.69, 9.17) is 4.74 Å². The Kier molecular flexibility index (Phi) is 6.35. The van der Waals surface area contributed by atoms with Crippen molar-refractivity contribution in [3.8, 4) is 5.75 Å². The Hall–Kier alpha value is -3.14. The fourth-order valence-corrected chi connectivity index (χ4v) is 3.04. The Labute approximate surface area is 157 Å². The van der Waals surface area contributed by atoms with Crippen LogP contribution in [0.25, 0.3) is 0 Å². The third-order valence-electron chi connectivity index (χ3n) is 3.51. The van der Waals surface area contributed by atoms with Gasteiger partial charge in [-0.15, -0.1) is 0 Å². The van der Waals surface area contributed by atoms with Crippen molar-refractivity contribution in [1.29, 1.82) is 0 Å². The summed E-state index contributed by atoms with van der Waals surface area (Å²) >= 11 is 0. The van der Waals surface area contributed by atoms with Gasteiger partial charge < -0.3 is 9.64 Å². The summed E-state index contributed by atoms with van der Waals surface area (Å²) in [7, 11) is -0.465. The Morgan fingerprint density at radius 3 is 2.44 bits per heavy atom. The average molecular weight is 392 g/mol. The molecule has 9 nitrogen and oxygen atoms in total. The summed E-state index contributed by atoms with van der Waals surface area (Å²) in [5, 5.41) is 14.9. The number of hydrogen-bond donors (Lipinski definition) is 1. The number of nitro groups is 1. The van der Waals surface area contributed by atoms with Gasteiger partial charge in [0, 0.05) is 25.7 Å². The van der Waals surface area contributed by atoms with E-state index < -0.39 is 14.9 Å². The molecule has 2 rings (SSSR count). The van der Waals surface area contributed by atoms with Crippen LogP contribution in [0.5, 0.6) is 5.75 Å². The second-order valence-corrected chi connectivity index (χ2v) is 7.32. The van der Waals surface area contributed by atoms with Gasteiger partial charge in [-0.25, -0.2) is 4.83 Å². The van der Waals surface area contributed by atoms with Crippen molar-refractivity contribution in [1.82, 2.24) is 4.83 Å². The molecule has 2 aromatic rings. The van der Waals surface area contributed by atoms with Crippen molar-refractivity contribution >= 4 is 27.6 Å². The Balaban J connectivity index is 2.16. The van der Waals surface area contributed by atoms with Gasteiger partial charge in [-0.1, -0.05) is 6.07 Å². The van der Waals surface area contributed by atoms with Gasteiger partial charge in [0.05, 0.1) is 22.6 Å². The molecule has 0 bridgehead atoms. The zero-order chi connectivity index (χ0) is 20.0. The first kappa shape index (κ1) is 20.2. The maximum atomic E-state index is 12.2. The molecule has 0 saturated carbocycles. The lowest BCUT2D eigenvalue weighted by molar-refractivity contribution is -0.384. The van der Waals surface area contributed by atoms with Gasteiger partial charge >= 0.3 is 0 Å². The Morgan fingerprint density at radius 2 is 1.89 bits per heavy atom. The molecule has 0 unspecified atom stereocenters.